The van der Waals surface area contributed by atoms with E-state index in [1.54, 1.807) is 41.6 Å². The molecule has 0 fully saturated rings. The highest BCUT2D eigenvalue weighted by molar-refractivity contribution is 8.00. The highest BCUT2D eigenvalue weighted by Crippen LogP contribution is 2.28. The second kappa shape index (κ2) is 9.34. The zero-order chi connectivity index (χ0) is 20.8. The highest BCUT2D eigenvalue weighted by atomic mass is 32.2. The number of amides is 1. The normalized spacial score (nSPS) is 11.7. The molecule has 1 unspecified atom stereocenters. The molecule has 0 saturated carbocycles. The molecule has 0 aliphatic heterocycles. The lowest BCUT2D eigenvalue weighted by Crippen LogP contribution is -2.37. The molecular weight excluding hydrogens is 389 g/mol. The highest BCUT2D eigenvalue weighted by Gasteiger charge is 2.25. The van der Waals surface area contributed by atoms with Crippen molar-refractivity contribution in [3.8, 4) is 17.5 Å². The van der Waals surface area contributed by atoms with Crippen LogP contribution in [0.3, 0.4) is 0 Å². The van der Waals surface area contributed by atoms with E-state index in [9.17, 15) is 9.18 Å². The SMILES string of the molecule is CC(Sc1nnc(-c2ccccc2F)n1C)C(=O)N(CCC#N)c1ccccc1. The van der Waals surface area contributed by atoms with Gasteiger partial charge in [-0.05, 0) is 31.2 Å². The van der Waals surface area contributed by atoms with Crippen LogP contribution >= 0.6 is 11.8 Å². The summed E-state index contributed by atoms with van der Waals surface area (Å²) in [6, 6.07) is 17.7. The third-order valence-electron chi connectivity index (χ3n) is 4.36. The number of benzene rings is 2. The van der Waals surface area contributed by atoms with Crippen LogP contribution in [0.25, 0.3) is 11.4 Å². The molecule has 0 spiro atoms. The van der Waals surface area contributed by atoms with E-state index in [0.717, 1.165) is 5.69 Å². The number of rotatable bonds is 7. The number of thioether (sulfide) groups is 1. The van der Waals surface area contributed by atoms with E-state index in [0.29, 0.717) is 23.1 Å². The predicted molar refractivity (Wildman–Crippen MR) is 111 cm³/mol. The Balaban J connectivity index is 1.80. The summed E-state index contributed by atoms with van der Waals surface area (Å²) in [5, 5.41) is 17.2. The number of nitriles is 1. The molecule has 1 atom stereocenters. The Morgan fingerprint density at radius 1 is 1.21 bits per heavy atom. The molecule has 3 rings (SSSR count). The van der Waals surface area contributed by atoms with Crippen molar-refractivity contribution in [2.75, 3.05) is 11.4 Å². The minimum absolute atomic E-state index is 0.133. The molecule has 0 bridgehead atoms. The van der Waals surface area contributed by atoms with Gasteiger partial charge in [0.2, 0.25) is 5.91 Å². The van der Waals surface area contributed by atoms with Gasteiger partial charge in [-0.2, -0.15) is 5.26 Å². The molecule has 6 nitrogen and oxygen atoms in total. The zero-order valence-corrected chi connectivity index (χ0v) is 16.9. The van der Waals surface area contributed by atoms with E-state index < -0.39 is 5.25 Å². The summed E-state index contributed by atoms with van der Waals surface area (Å²) in [5.41, 5.74) is 1.10. The Kier molecular flexibility index (Phi) is 6.62. The second-order valence-corrected chi connectivity index (χ2v) is 7.65. The first-order valence-electron chi connectivity index (χ1n) is 9.07. The summed E-state index contributed by atoms with van der Waals surface area (Å²) in [7, 11) is 1.74. The van der Waals surface area contributed by atoms with Crippen molar-refractivity contribution in [3.63, 3.8) is 0 Å². The number of hydrogen-bond acceptors (Lipinski definition) is 5. The van der Waals surface area contributed by atoms with Crippen molar-refractivity contribution in [1.82, 2.24) is 14.8 Å². The van der Waals surface area contributed by atoms with Crippen LogP contribution in [0.15, 0.2) is 59.8 Å². The average Bonchev–Trinajstić information content (AvgIpc) is 3.09. The minimum atomic E-state index is -0.467. The summed E-state index contributed by atoms with van der Waals surface area (Å²) in [5.74, 6) is -0.114. The first kappa shape index (κ1) is 20.6. The number of carbonyl (C=O) groups excluding carboxylic acids is 1. The molecule has 0 aliphatic rings. The van der Waals surface area contributed by atoms with Crippen molar-refractivity contribution < 1.29 is 9.18 Å². The molecule has 3 aromatic rings. The molecule has 29 heavy (non-hydrogen) atoms. The van der Waals surface area contributed by atoms with Gasteiger partial charge in [0.1, 0.15) is 5.82 Å². The largest absolute Gasteiger partial charge is 0.310 e. The van der Waals surface area contributed by atoms with Gasteiger partial charge in [0.25, 0.3) is 0 Å². The van der Waals surface area contributed by atoms with Crippen LogP contribution in [-0.2, 0) is 11.8 Å². The Morgan fingerprint density at radius 2 is 1.90 bits per heavy atom. The van der Waals surface area contributed by atoms with Gasteiger partial charge in [0.05, 0.1) is 23.3 Å². The lowest BCUT2D eigenvalue weighted by molar-refractivity contribution is -0.117. The second-order valence-electron chi connectivity index (χ2n) is 6.34. The molecular formula is C21H20FN5OS. The summed E-state index contributed by atoms with van der Waals surface area (Å²) < 4.78 is 15.8. The molecule has 0 saturated heterocycles. The van der Waals surface area contributed by atoms with E-state index in [2.05, 4.69) is 16.3 Å². The van der Waals surface area contributed by atoms with Gasteiger partial charge >= 0.3 is 0 Å². The number of halogens is 1. The van der Waals surface area contributed by atoms with Crippen molar-refractivity contribution in [2.24, 2.45) is 7.05 Å². The molecule has 1 amide bonds. The molecule has 1 aromatic heterocycles. The fraction of sp³-hybridized carbons (Fsp3) is 0.238. The maximum absolute atomic E-state index is 14.1. The van der Waals surface area contributed by atoms with Crippen molar-refractivity contribution >= 4 is 23.4 Å². The lowest BCUT2D eigenvalue weighted by Gasteiger charge is -2.24. The Bertz CT molecular complexity index is 1030. The summed E-state index contributed by atoms with van der Waals surface area (Å²) in [6.45, 7) is 2.09. The van der Waals surface area contributed by atoms with E-state index in [-0.39, 0.29) is 18.1 Å². The Hall–Kier alpha value is -3.18. The number of carbonyl (C=O) groups is 1. The molecule has 0 radical (unpaired) electrons. The summed E-state index contributed by atoms with van der Waals surface area (Å²) >= 11 is 1.25. The fourth-order valence-corrected chi connectivity index (χ4v) is 3.74. The maximum atomic E-state index is 14.1. The lowest BCUT2D eigenvalue weighted by atomic mass is 10.2. The smallest absolute Gasteiger partial charge is 0.240 e. The molecule has 148 valence electrons. The minimum Gasteiger partial charge on any atom is -0.310 e. The number of hydrogen-bond donors (Lipinski definition) is 0. The van der Waals surface area contributed by atoms with Crippen LogP contribution < -0.4 is 4.90 Å². The van der Waals surface area contributed by atoms with Crippen LogP contribution in [-0.4, -0.2) is 32.5 Å². The van der Waals surface area contributed by atoms with Crippen molar-refractivity contribution in [1.29, 1.82) is 5.26 Å². The standard InChI is InChI=1S/C21H20FN5OS/c1-15(20(28)27(14-8-13-23)16-9-4-3-5-10-16)29-21-25-24-19(26(21)2)17-11-6-7-12-18(17)22/h3-7,9-12,15H,8,14H2,1-2H3. The number of anilines is 1. The Morgan fingerprint density at radius 3 is 2.59 bits per heavy atom. The van der Waals surface area contributed by atoms with E-state index in [1.165, 1.54) is 17.8 Å². The fourth-order valence-electron chi connectivity index (χ4n) is 2.86. The van der Waals surface area contributed by atoms with Crippen LogP contribution in [0.2, 0.25) is 0 Å². The summed E-state index contributed by atoms with van der Waals surface area (Å²) in [4.78, 5) is 14.7. The first-order chi connectivity index (χ1) is 14.0. The van der Waals surface area contributed by atoms with Crippen LogP contribution in [0.5, 0.6) is 0 Å². The van der Waals surface area contributed by atoms with E-state index in [1.807, 2.05) is 30.3 Å². The molecule has 0 N–H and O–H groups in total. The van der Waals surface area contributed by atoms with Gasteiger partial charge in [-0.25, -0.2) is 4.39 Å². The van der Waals surface area contributed by atoms with Crippen LogP contribution in [0, 0.1) is 17.1 Å². The van der Waals surface area contributed by atoms with Gasteiger partial charge in [-0.1, -0.05) is 42.1 Å². The van der Waals surface area contributed by atoms with Gasteiger partial charge in [-0.3, -0.25) is 4.79 Å². The van der Waals surface area contributed by atoms with Crippen molar-refractivity contribution in [3.05, 3.63) is 60.4 Å². The first-order valence-corrected chi connectivity index (χ1v) is 9.95. The van der Waals surface area contributed by atoms with Gasteiger partial charge < -0.3 is 9.47 Å². The monoisotopic (exact) mass is 409 g/mol. The quantitative estimate of drug-likeness (QED) is 0.551. The Labute approximate surface area is 173 Å². The van der Waals surface area contributed by atoms with Crippen LogP contribution in [0.4, 0.5) is 10.1 Å². The number of para-hydroxylation sites is 1. The van der Waals surface area contributed by atoms with Crippen LogP contribution in [0.1, 0.15) is 13.3 Å². The molecule has 1 heterocycles. The molecule has 8 heteroatoms. The van der Waals surface area contributed by atoms with Crippen molar-refractivity contribution in [2.45, 2.75) is 23.8 Å². The third kappa shape index (κ3) is 4.63. The third-order valence-corrected chi connectivity index (χ3v) is 5.48. The number of nitrogens with zero attached hydrogens (tertiary/aromatic N) is 5. The molecule has 2 aromatic carbocycles. The average molecular weight is 409 g/mol. The van der Waals surface area contributed by atoms with E-state index >= 15 is 0 Å². The van der Waals surface area contributed by atoms with Gasteiger partial charge in [-0.15, -0.1) is 10.2 Å². The van der Waals surface area contributed by atoms with Gasteiger partial charge in [0, 0.05) is 19.3 Å². The van der Waals surface area contributed by atoms with E-state index in [4.69, 9.17) is 5.26 Å². The summed E-state index contributed by atoms with van der Waals surface area (Å²) in [6.07, 6.45) is 0.236. The topological polar surface area (TPSA) is 74.8 Å². The number of aromatic nitrogens is 3. The molecule has 0 aliphatic carbocycles. The zero-order valence-electron chi connectivity index (χ0n) is 16.1. The van der Waals surface area contributed by atoms with Gasteiger partial charge in [0.15, 0.2) is 11.0 Å². The predicted octanol–water partition coefficient (Wildman–Crippen LogP) is 4.05. The maximum Gasteiger partial charge on any atom is 0.240 e.